The predicted molar refractivity (Wildman–Crippen MR) is 112 cm³/mol. The summed E-state index contributed by atoms with van der Waals surface area (Å²) in [6, 6.07) is 9.32. The van der Waals surface area contributed by atoms with Gasteiger partial charge in [-0.1, -0.05) is 23.7 Å². The zero-order valence-electron chi connectivity index (χ0n) is 16.6. The van der Waals surface area contributed by atoms with Crippen molar-refractivity contribution >= 4 is 32.8 Å². The van der Waals surface area contributed by atoms with Crippen LogP contribution in [0.4, 0.5) is 24.5 Å². The SMILES string of the molecule is O=[N+]([O-])c1cc(S(=O)(=O)C(F)(F)F)ccc1N1CCN(CCOc2ccccc2Cl)CC1. The second kappa shape index (κ2) is 9.51. The van der Waals surface area contributed by atoms with Gasteiger partial charge in [-0.3, -0.25) is 15.0 Å². The van der Waals surface area contributed by atoms with Crippen molar-refractivity contribution in [2.75, 3.05) is 44.2 Å². The molecule has 1 aliphatic heterocycles. The Morgan fingerprint density at radius 1 is 1.09 bits per heavy atom. The molecule has 8 nitrogen and oxygen atoms in total. The molecule has 3 rings (SSSR count). The van der Waals surface area contributed by atoms with Crippen LogP contribution in [0.15, 0.2) is 47.4 Å². The van der Waals surface area contributed by atoms with Gasteiger partial charge in [0.15, 0.2) is 0 Å². The van der Waals surface area contributed by atoms with Gasteiger partial charge in [-0.2, -0.15) is 13.2 Å². The molecule has 0 amide bonds. The molecule has 13 heteroatoms. The molecule has 0 atom stereocenters. The first-order valence-corrected chi connectivity index (χ1v) is 11.3. The minimum absolute atomic E-state index is 0.0723. The molecule has 1 aliphatic rings. The van der Waals surface area contributed by atoms with Crippen LogP contribution in [0.1, 0.15) is 0 Å². The number of sulfone groups is 1. The maximum atomic E-state index is 12.8. The minimum Gasteiger partial charge on any atom is -0.491 e. The number of hydrogen-bond acceptors (Lipinski definition) is 7. The van der Waals surface area contributed by atoms with Crippen LogP contribution >= 0.6 is 11.6 Å². The maximum absolute atomic E-state index is 12.8. The normalized spacial score (nSPS) is 15.6. The summed E-state index contributed by atoms with van der Waals surface area (Å²) >= 11 is 6.04. The number of piperazine rings is 1. The number of ether oxygens (including phenoxy) is 1. The lowest BCUT2D eigenvalue weighted by Gasteiger charge is -2.35. The quantitative estimate of drug-likeness (QED) is 0.428. The van der Waals surface area contributed by atoms with Gasteiger partial charge in [0, 0.05) is 38.8 Å². The van der Waals surface area contributed by atoms with E-state index in [9.17, 15) is 31.7 Å². The summed E-state index contributed by atoms with van der Waals surface area (Å²) in [5.74, 6) is 0.567. The van der Waals surface area contributed by atoms with E-state index >= 15 is 0 Å². The smallest absolute Gasteiger partial charge is 0.491 e. The Balaban J connectivity index is 1.64. The molecule has 0 bridgehead atoms. The van der Waals surface area contributed by atoms with Gasteiger partial charge in [0.25, 0.3) is 15.5 Å². The van der Waals surface area contributed by atoms with Crippen LogP contribution in [0.2, 0.25) is 5.02 Å². The standard InChI is InChI=1S/C19H19ClF3N3O5S/c20-15-3-1-2-4-18(15)31-12-11-24-7-9-25(10-8-24)16-6-5-14(13-17(16)26(27)28)32(29,30)19(21,22)23/h1-6,13H,7-12H2. The van der Waals surface area contributed by atoms with Gasteiger partial charge in [0.2, 0.25) is 0 Å². The van der Waals surface area contributed by atoms with E-state index in [2.05, 4.69) is 4.90 Å². The zero-order valence-corrected chi connectivity index (χ0v) is 18.2. The molecule has 0 saturated carbocycles. The van der Waals surface area contributed by atoms with Crippen molar-refractivity contribution in [2.24, 2.45) is 0 Å². The number of benzene rings is 2. The lowest BCUT2D eigenvalue weighted by molar-refractivity contribution is -0.384. The van der Waals surface area contributed by atoms with Crippen molar-refractivity contribution in [1.82, 2.24) is 4.90 Å². The summed E-state index contributed by atoms with van der Waals surface area (Å²) in [6.45, 7) is 2.78. The Hall–Kier alpha value is -2.57. The van der Waals surface area contributed by atoms with E-state index in [1.165, 1.54) is 0 Å². The highest BCUT2D eigenvalue weighted by Gasteiger charge is 2.47. The Labute approximate surface area is 187 Å². The van der Waals surface area contributed by atoms with E-state index in [1.54, 1.807) is 29.2 Å². The second-order valence-corrected chi connectivity index (χ2v) is 9.31. The largest absolute Gasteiger partial charge is 0.501 e. The van der Waals surface area contributed by atoms with Crippen molar-refractivity contribution in [3.05, 3.63) is 57.6 Å². The Kier molecular flexibility index (Phi) is 7.16. The lowest BCUT2D eigenvalue weighted by atomic mass is 10.2. The summed E-state index contributed by atoms with van der Waals surface area (Å²) < 4.78 is 67.2. The molecule has 0 spiro atoms. The number of nitro groups is 1. The summed E-state index contributed by atoms with van der Waals surface area (Å²) in [6.07, 6.45) is 0. The fraction of sp³-hybridized carbons (Fsp3) is 0.368. The molecule has 1 saturated heterocycles. The van der Waals surface area contributed by atoms with Crippen LogP contribution in [0.3, 0.4) is 0 Å². The van der Waals surface area contributed by atoms with E-state index in [-0.39, 0.29) is 5.69 Å². The third kappa shape index (κ3) is 5.25. The van der Waals surface area contributed by atoms with Gasteiger partial charge in [-0.15, -0.1) is 0 Å². The van der Waals surface area contributed by atoms with Crippen LogP contribution in [-0.4, -0.2) is 63.1 Å². The molecule has 174 valence electrons. The Bertz CT molecular complexity index is 1090. The fourth-order valence-electron chi connectivity index (χ4n) is 3.28. The zero-order chi connectivity index (χ0) is 23.5. The molecule has 0 aliphatic carbocycles. The number of anilines is 1. The minimum atomic E-state index is -5.68. The van der Waals surface area contributed by atoms with Crippen molar-refractivity contribution in [3.8, 4) is 5.75 Å². The molecule has 0 N–H and O–H groups in total. The molecule has 0 radical (unpaired) electrons. The number of halogens is 4. The van der Waals surface area contributed by atoms with Crippen LogP contribution in [0, 0.1) is 10.1 Å². The number of hydrogen-bond donors (Lipinski definition) is 0. The average molecular weight is 494 g/mol. The Morgan fingerprint density at radius 2 is 1.75 bits per heavy atom. The molecular formula is C19H19ClF3N3O5S. The van der Waals surface area contributed by atoms with Crippen molar-refractivity contribution < 1.29 is 31.2 Å². The summed E-state index contributed by atoms with van der Waals surface area (Å²) in [5.41, 5.74) is -6.16. The third-order valence-electron chi connectivity index (χ3n) is 4.97. The van der Waals surface area contributed by atoms with Gasteiger partial charge in [-0.25, -0.2) is 8.42 Å². The molecular weight excluding hydrogens is 475 g/mol. The van der Waals surface area contributed by atoms with Gasteiger partial charge in [-0.05, 0) is 24.3 Å². The first-order chi connectivity index (χ1) is 15.0. The van der Waals surface area contributed by atoms with E-state index < -0.39 is 30.9 Å². The number of para-hydroxylation sites is 1. The topological polar surface area (TPSA) is 93.0 Å². The monoisotopic (exact) mass is 493 g/mol. The molecule has 0 aromatic heterocycles. The second-order valence-electron chi connectivity index (χ2n) is 6.96. The van der Waals surface area contributed by atoms with Crippen molar-refractivity contribution in [3.63, 3.8) is 0 Å². The average Bonchev–Trinajstić information content (AvgIpc) is 2.74. The highest BCUT2D eigenvalue weighted by molar-refractivity contribution is 7.92. The summed E-state index contributed by atoms with van der Waals surface area (Å²) in [4.78, 5) is 13.1. The molecule has 2 aromatic rings. The van der Waals surface area contributed by atoms with Crippen LogP contribution in [0.5, 0.6) is 5.75 Å². The molecule has 32 heavy (non-hydrogen) atoms. The van der Waals surface area contributed by atoms with Crippen molar-refractivity contribution in [1.29, 1.82) is 0 Å². The first kappa shape index (κ1) is 24.1. The number of rotatable bonds is 7. The highest BCUT2D eigenvalue weighted by atomic mass is 35.5. The third-order valence-corrected chi connectivity index (χ3v) is 6.77. The number of alkyl halides is 3. The molecule has 1 fully saturated rings. The first-order valence-electron chi connectivity index (χ1n) is 9.45. The number of nitrogens with zero attached hydrogens (tertiary/aromatic N) is 3. The van der Waals surface area contributed by atoms with Crippen LogP contribution in [-0.2, 0) is 9.84 Å². The van der Waals surface area contributed by atoms with E-state index in [0.717, 1.165) is 12.1 Å². The van der Waals surface area contributed by atoms with E-state index in [0.29, 0.717) is 56.2 Å². The summed E-state index contributed by atoms with van der Waals surface area (Å²) in [5, 5.41) is 11.9. The van der Waals surface area contributed by atoms with Crippen molar-refractivity contribution in [2.45, 2.75) is 10.4 Å². The molecule has 1 heterocycles. The van der Waals surface area contributed by atoms with Crippen LogP contribution < -0.4 is 9.64 Å². The van der Waals surface area contributed by atoms with E-state index in [1.807, 2.05) is 0 Å². The van der Waals surface area contributed by atoms with Gasteiger partial charge < -0.3 is 9.64 Å². The summed E-state index contributed by atoms with van der Waals surface area (Å²) in [7, 11) is -5.68. The van der Waals surface area contributed by atoms with E-state index in [4.69, 9.17) is 16.3 Å². The fourth-order valence-corrected chi connectivity index (χ4v) is 4.25. The predicted octanol–water partition coefficient (Wildman–Crippen LogP) is 3.74. The molecule has 2 aromatic carbocycles. The van der Waals surface area contributed by atoms with Gasteiger partial charge in [0.05, 0.1) is 14.8 Å². The van der Waals surface area contributed by atoms with Gasteiger partial charge >= 0.3 is 5.51 Å². The van der Waals surface area contributed by atoms with Gasteiger partial charge in [0.1, 0.15) is 18.0 Å². The maximum Gasteiger partial charge on any atom is 0.501 e. The highest BCUT2D eigenvalue weighted by Crippen LogP contribution is 2.36. The molecule has 0 unspecified atom stereocenters. The Morgan fingerprint density at radius 3 is 2.34 bits per heavy atom. The van der Waals surface area contributed by atoms with Crippen LogP contribution in [0.25, 0.3) is 0 Å². The number of nitro benzene ring substituents is 1. The lowest BCUT2D eigenvalue weighted by Crippen LogP contribution is -2.47.